The Morgan fingerprint density at radius 1 is 0.372 bits per heavy atom. The molecule has 129 heavy (non-hydrogen) atoms. The number of rotatable bonds is 23. The second-order valence-electron chi connectivity index (χ2n) is 32.2. The highest BCUT2D eigenvalue weighted by Crippen LogP contribution is 2.45. The number of carbonyl (C=O) groups excluding carboxylic acids is 7. The fourth-order valence-electron chi connectivity index (χ4n) is 15.4. The van der Waals surface area contributed by atoms with Crippen LogP contribution < -0.4 is 36.6 Å². The number of carboxylic acids is 1. The number of aliphatic carboxylic acids is 1. The van der Waals surface area contributed by atoms with E-state index in [1.54, 1.807) is 0 Å². The number of anilines is 4. The molecular weight excluding hydrogens is 1820 g/mol. The van der Waals surface area contributed by atoms with Crippen molar-refractivity contribution in [2.75, 3.05) is 54.0 Å². The summed E-state index contributed by atoms with van der Waals surface area (Å²) in [5, 5.41) is 23.8. The van der Waals surface area contributed by atoms with E-state index >= 15 is 0 Å². The number of benzene rings is 8. The zero-order chi connectivity index (χ0) is 93.0. The lowest BCUT2D eigenvalue weighted by atomic mass is 9.73. The highest BCUT2D eigenvalue weighted by molar-refractivity contribution is 8.00. The van der Waals surface area contributed by atoms with Gasteiger partial charge in [-0.05, 0) is 189 Å². The molecule has 0 bridgehead atoms. The van der Waals surface area contributed by atoms with Gasteiger partial charge in [-0.3, -0.25) is 43.1 Å². The molecule has 8 aromatic carbocycles. The third-order valence-electron chi connectivity index (χ3n) is 22.7. The van der Waals surface area contributed by atoms with Crippen LogP contribution in [0.5, 0.6) is 0 Å². The number of halogens is 16. The highest BCUT2D eigenvalue weighted by atomic mass is 32.2. The van der Waals surface area contributed by atoms with Crippen molar-refractivity contribution in [3.63, 3.8) is 0 Å². The molecule has 0 radical (unpaired) electrons. The van der Waals surface area contributed by atoms with E-state index in [0.717, 1.165) is 94.7 Å². The molecule has 2 unspecified atom stereocenters. The summed E-state index contributed by atoms with van der Waals surface area (Å²) in [6.45, 7) is 6.11. The van der Waals surface area contributed by atoms with E-state index in [1.165, 1.54) is 89.9 Å². The van der Waals surface area contributed by atoms with E-state index in [1.807, 2.05) is 11.8 Å². The van der Waals surface area contributed by atoms with Crippen LogP contribution >= 0.6 is 47.0 Å². The Balaban J connectivity index is 0.000000156. The quantitative estimate of drug-likeness (QED) is 0.0218. The Hall–Kier alpha value is -10.3. The topological polar surface area (TPSA) is 278 Å². The summed E-state index contributed by atoms with van der Waals surface area (Å²) < 4.78 is 243. The first kappa shape index (κ1) is 97.8. The second-order valence-corrected chi connectivity index (χ2v) is 39.5. The maximum atomic E-state index is 14.5. The predicted octanol–water partition coefficient (Wildman–Crippen LogP) is 19.5. The molecule has 2 saturated heterocycles. The number of sulfonamides is 1. The summed E-state index contributed by atoms with van der Waals surface area (Å²) in [6.07, 6.45) is 10.6. The smallest absolute Gasteiger partial charge is 0.306 e. The minimum Gasteiger partial charge on any atom is -0.481 e. The monoisotopic (exact) mass is 1900 g/mol. The number of likely N-dealkylation sites (tertiary alicyclic amines) is 1. The SMILES string of the molecule is CCNC(=O)C1CCC(Sc2cc(C(=O)Nc3cc(F)c(F)c(F)c3)ccc2F)CC1.O=C(Nc1cc(F)c(F)c(F)c1)c1ccc(F)c(SC2CCC(C(=O)N3CC4(CNC4)C3)CC2)c1.O=C(Nc1cc(F)c(F)c(F)c1)c1ccc(F)c(SC2CCC(C(=O)NS(=O)(=O)C3CC3)CC2)c1.O=C(Nc1cc(F)c(F)c(F)c1)c1ccc(F)c(SC2CCC(C(=O)O)C2)c1. The van der Waals surface area contributed by atoms with Gasteiger partial charge in [0.1, 0.15) is 23.3 Å². The molecule has 19 nitrogen and oxygen atoms in total. The molecule has 5 aliphatic carbocycles. The van der Waals surface area contributed by atoms with E-state index in [-0.39, 0.29) is 104 Å². The largest absolute Gasteiger partial charge is 0.481 e. The lowest BCUT2D eigenvalue weighted by molar-refractivity contribution is -0.152. The van der Waals surface area contributed by atoms with Crippen molar-refractivity contribution in [1.29, 1.82) is 0 Å². The number of nitrogens with zero attached hydrogens (tertiary/aromatic N) is 1. The van der Waals surface area contributed by atoms with Gasteiger partial charge in [0.15, 0.2) is 69.8 Å². The van der Waals surface area contributed by atoms with Gasteiger partial charge in [0.05, 0.1) is 11.2 Å². The van der Waals surface area contributed by atoms with Gasteiger partial charge < -0.3 is 41.9 Å². The van der Waals surface area contributed by atoms with E-state index < -0.39 is 156 Å². The molecule has 8 aromatic rings. The lowest BCUT2D eigenvalue weighted by Crippen LogP contribution is -2.72. The van der Waals surface area contributed by atoms with Crippen molar-refractivity contribution >= 4 is 127 Å². The second kappa shape index (κ2) is 43.2. The van der Waals surface area contributed by atoms with Crippen molar-refractivity contribution in [2.24, 2.45) is 29.1 Å². The Morgan fingerprint density at radius 3 is 0.922 bits per heavy atom. The van der Waals surface area contributed by atoms with Crippen molar-refractivity contribution in [2.45, 2.75) is 162 Å². The first-order chi connectivity index (χ1) is 61.3. The number of hydrogen-bond acceptors (Lipinski definition) is 15. The Bertz CT molecular complexity index is 5610. The zero-order valence-corrected chi connectivity index (χ0v) is 72.4. The summed E-state index contributed by atoms with van der Waals surface area (Å²) >= 11 is 5.00. The van der Waals surface area contributed by atoms with Crippen molar-refractivity contribution in [3.05, 3.63) is 237 Å². The van der Waals surface area contributed by atoms with Crippen molar-refractivity contribution in [1.82, 2.24) is 20.3 Å². The average Bonchev–Trinajstić information content (AvgIpc) is 1.75. The molecule has 2 aliphatic heterocycles. The van der Waals surface area contributed by atoms with Crippen molar-refractivity contribution in [3.8, 4) is 0 Å². The lowest BCUT2D eigenvalue weighted by Gasteiger charge is -2.56. The van der Waals surface area contributed by atoms with Crippen LogP contribution in [0.2, 0.25) is 0 Å². The average molecular weight is 1910 g/mol. The minimum absolute atomic E-state index is 0.00990. The molecule has 2 atom stereocenters. The molecule has 2 heterocycles. The number of carbonyl (C=O) groups is 8. The Kier molecular flexibility index (Phi) is 32.7. The van der Waals surface area contributed by atoms with Crippen LogP contribution in [0.1, 0.15) is 158 Å². The molecule has 7 aliphatic rings. The van der Waals surface area contributed by atoms with Gasteiger partial charge in [0.2, 0.25) is 27.7 Å². The number of hydrogen-bond donors (Lipinski definition) is 8. The fourth-order valence-corrected chi connectivity index (χ4v) is 21.9. The summed E-state index contributed by atoms with van der Waals surface area (Å²) in [4.78, 5) is 101. The normalized spacial score (nSPS) is 20.3. The Labute approximate surface area is 746 Å². The van der Waals surface area contributed by atoms with E-state index in [0.29, 0.717) is 136 Å². The minimum atomic E-state index is -3.60. The highest BCUT2D eigenvalue weighted by Gasteiger charge is 2.50. The van der Waals surface area contributed by atoms with Gasteiger partial charge in [-0.1, -0.05) is 0 Å². The summed E-state index contributed by atoms with van der Waals surface area (Å²) in [5.41, 5.74) is -0.454. The predicted molar refractivity (Wildman–Crippen MR) is 453 cm³/mol. The molecule has 15 rings (SSSR count). The number of amides is 7. The molecule has 1 spiro atoms. The third kappa shape index (κ3) is 25.7. The zero-order valence-electron chi connectivity index (χ0n) is 68.4. The number of thioether (sulfide) groups is 4. The third-order valence-corrected chi connectivity index (χ3v) is 30.0. The van der Waals surface area contributed by atoms with Crippen molar-refractivity contribution < 1.29 is 122 Å². The molecule has 7 fully saturated rings. The van der Waals surface area contributed by atoms with Gasteiger partial charge in [-0.25, -0.2) is 78.7 Å². The van der Waals surface area contributed by atoms with Crippen LogP contribution in [-0.4, -0.2) is 125 Å². The van der Waals surface area contributed by atoms with E-state index in [9.17, 15) is 117 Å². The number of carboxylic acid groups (broad SMARTS) is 1. The first-order valence-corrected chi connectivity index (χ1v) is 46.1. The van der Waals surface area contributed by atoms with Crippen LogP contribution in [0.15, 0.2) is 141 Å². The van der Waals surface area contributed by atoms with Gasteiger partial charge in [0, 0.05) is 190 Å². The summed E-state index contributed by atoms with van der Waals surface area (Å²) in [6, 6.07) is 20.1. The molecule has 0 aromatic heterocycles. The number of nitrogens with one attached hydrogen (secondary N) is 7. The Morgan fingerprint density at radius 2 is 0.651 bits per heavy atom. The molecule has 7 amide bonds. The standard InChI is InChI=1S/C25H25F4N3O2S.C23H22F4N2O4S2.C22H22F4N2O2S.C19H15F4NO3S/c26-18-6-3-15(23(33)31-16-8-19(27)22(29)20(28)9-16)7-21(18)35-17-4-1-14(2-5-17)24(34)32-12-25(13-32)10-30-11-25;24-17-8-3-13(22(30)28-14-10-18(25)21(27)19(26)11-14)9-20(17)34-15-4-1-12(2-5-15)23(31)29-35(32,33)16-6-7-16;1-2-27-21(29)12-3-6-15(7-4-12)31-19-9-13(5-8-16(19)23)22(30)28-14-10-17(24)20(26)18(25)11-14;20-13-4-2-9(6-16(13)28-12-3-1-10(5-12)19(26)27)18(25)24-11-7-14(21)17(23)15(22)8-11/h3,6-9,14,17,30H,1-2,4-5,10-13H2,(H,31,33);3,8-12,15-16H,1-2,4-7H2,(H,28,30)(H,29,31);5,8-12,15H,2-4,6-7H2,1H3,(H,27,29)(H,28,30);2,4,6-8,10,12H,1,3,5H2,(H,24,25)(H,26,27). The molecule has 40 heteroatoms. The summed E-state index contributed by atoms with van der Waals surface area (Å²) in [7, 11) is -3.60. The molecular formula is C89H84F16N8O11S5. The van der Waals surface area contributed by atoms with Gasteiger partial charge >= 0.3 is 5.97 Å². The molecule has 688 valence electrons. The van der Waals surface area contributed by atoms with Gasteiger partial charge in [0.25, 0.3) is 23.6 Å². The molecule has 8 N–H and O–H groups in total. The van der Waals surface area contributed by atoms with Crippen LogP contribution in [0.25, 0.3) is 0 Å². The maximum Gasteiger partial charge on any atom is 0.306 e. The summed E-state index contributed by atoms with van der Waals surface area (Å²) in [5.74, 6) is -25.0. The van der Waals surface area contributed by atoms with Gasteiger partial charge in [-0.2, -0.15) is 0 Å². The van der Waals surface area contributed by atoms with E-state index in [2.05, 4.69) is 36.6 Å². The maximum absolute atomic E-state index is 14.5. The molecule has 5 saturated carbocycles. The van der Waals surface area contributed by atoms with Gasteiger partial charge in [-0.15, -0.1) is 47.0 Å². The van der Waals surface area contributed by atoms with Crippen LogP contribution in [0.3, 0.4) is 0 Å². The van der Waals surface area contributed by atoms with E-state index in [4.69, 9.17) is 5.11 Å². The van der Waals surface area contributed by atoms with Crippen LogP contribution in [0.4, 0.5) is 93.0 Å². The fraction of sp³-hybridized carbons (Fsp3) is 0.371. The van der Waals surface area contributed by atoms with Crippen LogP contribution in [-0.2, 0) is 29.2 Å². The first-order valence-electron chi connectivity index (χ1n) is 41.0. The van der Waals surface area contributed by atoms with Crippen LogP contribution in [0, 0.1) is 122 Å².